The van der Waals surface area contributed by atoms with Gasteiger partial charge in [-0.25, -0.2) is 0 Å². The third-order valence-corrected chi connectivity index (χ3v) is 3.10. The summed E-state index contributed by atoms with van der Waals surface area (Å²) in [6, 6.07) is 2.03. The van der Waals surface area contributed by atoms with Crippen molar-refractivity contribution in [2.45, 2.75) is 6.92 Å². The normalized spacial score (nSPS) is 10.9. The van der Waals surface area contributed by atoms with Gasteiger partial charge in [0.15, 0.2) is 0 Å². The molecule has 1 N–H and O–H groups in total. The highest BCUT2D eigenvalue weighted by Crippen LogP contribution is 2.39. The van der Waals surface area contributed by atoms with E-state index in [0.29, 0.717) is 0 Å². The van der Waals surface area contributed by atoms with Gasteiger partial charge < -0.3 is 0 Å². The first kappa shape index (κ1) is 8.26. The third-order valence-electron chi connectivity index (χ3n) is 1.82. The number of aromatic amines is 1. The lowest BCUT2D eigenvalue weighted by Gasteiger charge is -2.02. The first-order chi connectivity index (χ1) is 5.70. The van der Waals surface area contributed by atoms with E-state index in [2.05, 4.69) is 42.1 Å². The van der Waals surface area contributed by atoms with Gasteiger partial charge in [-0.05, 0) is 13.0 Å². The van der Waals surface area contributed by atoms with E-state index in [9.17, 15) is 0 Å². The average Bonchev–Trinajstić information content (AvgIpc) is 2.29. The molecule has 0 saturated carbocycles. The number of hydrogen-bond acceptors (Lipinski definition) is 1. The fourth-order valence-electron chi connectivity index (χ4n) is 1.27. The van der Waals surface area contributed by atoms with Gasteiger partial charge >= 0.3 is 0 Å². The van der Waals surface area contributed by atoms with Crippen molar-refractivity contribution >= 4 is 31.9 Å². The highest BCUT2D eigenvalue weighted by Gasteiger charge is 2.14. The molecule has 0 fully saturated rings. The molecule has 1 heterocycles. The molecule has 0 aromatic heterocycles. The maximum atomic E-state index is 4.01. The molecule has 1 aliphatic carbocycles. The molecule has 0 amide bonds. The fraction of sp³-hybridized carbons (Fsp3) is 0.125. The maximum Gasteiger partial charge on any atom is 0.0563 e. The smallest absolute Gasteiger partial charge is 0.0563 e. The van der Waals surface area contributed by atoms with Crippen LogP contribution in [0.3, 0.4) is 0 Å². The Bertz CT molecular complexity index is 395. The summed E-state index contributed by atoms with van der Waals surface area (Å²) >= 11 is 6.96. The number of H-pyrrole nitrogens is 1. The van der Waals surface area contributed by atoms with Crippen LogP contribution in [0.1, 0.15) is 5.69 Å². The van der Waals surface area contributed by atoms with Crippen molar-refractivity contribution in [2.75, 3.05) is 0 Å². The van der Waals surface area contributed by atoms with E-state index in [1.807, 2.05) is 19.2 Å². The van der Waals surface area contributed by atoms with Gasteiger partial charge in [-0.3, -0.25) is 5.10 Å². The monoisotopic (exact) mass is 288 g/mol. The minimum Gasteiger partial charge on any atom is -0.282 e. The van der Waals surface area contributed by atoms with Gasteiger partial charge in [-0.15, -0.1) is 0 Å². The molecule has 4 heteroatoms. The molecule has 62 valence electrons. The van der Waals surface area contributed by atoms with Gasteiger partial charge in [0, 0.05) is 25.8 Å². The highest BCUT2D eigenvalue weighted by atomic mass is 79.9. The molecule has 12 heavy (non-hydrogen) atoms. The summed E-state index contributed by atoms with van der Waals surface area (Å²) in [4.78, 5) is 0. The fourth-order valence-corrected chi connectivity index (χ4v) is 2.84. The van der Waals surface area contributed by atoms with Gasteiger partial charge in [0.05, 0.1) is 6.20 Å². The third kappa shape index (κ3) is 1.10. The summed E-state index contributed by atoms with van der Waals surface area (Å²) in [7, 11) is 0. The second-order valence-corrected chi connectivity index (χ2v) is 4.33. The van der Waals surface area contributed by atoms with Crippen LogP contribution in [0, 0.1) is 6.92 Å². The van der Waals surface area contributed by atoms with Gasteiger partial charge in [0.25, 0.3) is 0 Å². The number of fused-ring (bicyclic) bond motifs is 1. The summed E-state index contributed by atoms with van der Waals surface area (Å²) in [5.41, 5.74) is 3.40. The SMILES string of the molecule is Cc1[nH]ncc2c(Br)cc(Br)c1-2. The zero-order valence-electron chi connectivity index (χ0n) is 6.36. The molecule has 2 nitrogen and oxygen atoms in total. The molecule has 2 rings (SSSR count). The van der Waals surface area contributed by atoms with E-state index in [4.69, 9.17) is 0 Å². The standard InChI is InChI=1S/C8H6Br2N2/c1-4-8-5(3-11-12-4)6(9)2-7(8)10/h2-3,12H,1H3. The van der Waals surface area contributed by atoms with Crippen LogP contribution in [-0.2, 0) is 0 Å². The number of nitrogens with zero attached hydrogens (tertiary/aromatic N) is 1. The lowest BCUT2D eigenvalue weighted by atomic mass is 10.1. The quantitative estimate of drug-likeness (QED) is 0.792. The number of hydrogen-bond donors (Lipinski definition) is 1. The van der Waals surface area contributed by atoms with E-state index < -0.39 is 0 Å². The average molecular weight is 290 g/mol. The van der Waals surface area contributed by atoms with Crippen molar-refractivity contribution in [2.24, 2.45) is 0 Å². The number of aryl methyl sites for hydroxylation is 1. The predicted molar refractivity (Wildman–Crippen MR) is 55.3 cm³/mol. The number of aromatic nitrogens is 2. The molecule has 0 saturated heterocycles. The minimum atomic E-state index is 1.07. The summed E-state index contributed by atoms with van der Waals surface area (Å²) in [6.07, 6.45) is 1.82. The van der Waals surface area contributed by atoms with Crippen molar-refractivity contribution in [3.05, 3.63) is 26.9 Å². The highest BCUT2D eigenvalue weighted by molar-refractivity contribution is 9.11. The van der Waals surface area contributed by atoms with Crippen LogP contribution in [0.5, 0.6) is 0 Å². The van der Waals surface area contributed by atoms with E-state index in [0.717, 1.165) is 20.2 Å². The molecule has 0 radical (unpaired) electrons. The van der Waals surface area contributed by atoms with E-state index >= 15 is 0 Å². The summed E-state index contributed by atoms with van der Waals surface area (Å²) in [5, 5.41) is 6.94. The summed E-state index contributed by atoms with van der Waals surface area (Å²) in [5.74, 6) is 0. The largest absolute Gasteiger partial charge is 0.282 e. The van der Waals surface area contributed by atoms with Gasteiger partial charge in [-0.1, -0.05) is 31.9 Å². The Hall–Kier alpha value is -0.350. The lowest BCUT2D eigenvalue weighted by molar-refractivity contribution is 0.983. The molecule has 0 aromatic carbocycles. The second kappa shape index (κ2) is 2.85. The Morgan fingerprint density at radius 1 is 1.33 bits per heavy atom. The Morgan fingerprint density at radius 3 is 2.75 bits per heavy atom. The van der Waals surface area contributed by atoms with Crippen LogP contribution in [0.15, 0.2) is 21.2 Å². The van der Waals surface area contributed by atoms with Crippen molar-refractivity contribution in [3.8, 4) is 11.1 Å². The summed E-state index contributed by atoms with van der Waals surface area (Å²) < 4.78 is 2.18. The maximum absolute atomic E-state index is 4.01. The van der Waals surface area contributed by atoms with Gasteiger partial charge in [0.1, 0.15) is 0 Å². The zero-order valence-corrected chi connectivity index (χ0v) is 9.53. The Morgan fingerprint density at radius 2 is 2.08 bits per heavy atom. The molecule has 0 atom stereocenters. The minimum absolute atomic E-state index is 1.07. The van der Waals surface area contributed by atoms with Crippen LogP contribution < -0.4 is 0 Å². The number of nitrogens with one attached hydrogen (secondary N) is 1. The first-order valence-corrected chi connectivity index (χ1v) is 5.06. The molecule has 0 aromatic rings. The van der Waals surface area contributed by atoms with E-state index in [1.165, 1.54) is 5.56 Å². The van der Waals surface area contributed by atoms with E-state index in [-0.39, 0.29) is 0 Å². The van der Waals surface area contributed by atoms with Crippen molar-refractivity contribution in [1.29, 1.82) is 0 Å². The first-order valence-electron chi connectivity index (χ1n) is 3.48. The molecule has 0 bridgehead atoms. The van der Waals surface area contributed by atoms with Crippen LogP contribution in [-0.4, -0.2) is 10.2 Å². The van der Waals surface area contributed by atoms with Crippen LogP contribution in [0.4, 0.5) is 0 Å². The molecule has 0 unspecified atom stereocenters. The summed E-state index contributed by atoms with van der Waals surface area (Å²) in [6.45, 7) is 2.01. The predicted octanol–water partition coefficient (Wildman–Crippen LogP) is 3.35. The van der Waals surface area contributed by atoms with Gasteiger partial charge in [0.2, 0.25) is 0 Å². The van der Waals surface area contributed by atoms with Crippen molar-refractivity contribution in [1.82, 2.24) is 10.2 Å². The lowest BCUT2D eigenvalue weighted by Crippen LogP contribution is -1.89. The Kier molecular flexibility index (Phi) is 1.96. The van der Waals surface area contributed by atoms with E-state index in [1.54, 1.807) is 0 Å². The topological polar surface area (TPSA) is 28.7 Å². The van der Waals surface area contributed by atoms with Crippen LogP contribution in [0.2, 0.25) is 0 Å². The molecular formula is C8H6Br2N2. The zero-order chi connectivity index (χ0) is 8.72. The molecule has 2 aliphatic rings. The Balaban J connectivity index is 2.85. The van der Waals surface area contributed by atoms with Crippen LogP contribution in [0.25, 0.3) is 11.1 Å². The molecule has 1 aliphatic heterocycles. The molecular weight excluding hydrogens is 284 g/mol. The number of halogens is 2. The second-order valence-electron chi connectivity index (χ2n) is 2.62. The van der Waals surface area contributed by atoms with Crippen molar-refractivity contribution < 1.29 is 0 Å². The number of rotatable bonds is 0. The Labute approximate surface area is 87.0 Å². The van der Waals surface area contributed by atoms with Crippen LogP contribution >= 0.6 is 31.9 Å². The molecule has 0 spiro atoms. The van der Waals surface area contributed by atoms with Gasteiger partial charge in [-0.2, -0.15) is 5.10 Å². The van der Waals surface area contributed by atoms with Crippen molar-refractivity contribution in [3.63, 3.8) is 0 Å².